The van der Waals surface area contributed by atoms with Crippen LogP contribution in [0.2, 0.25) is 4.34 Å². The molecule has 0 bridgehead atoms. The quantitative estimate of drug-likeness (QED) is 0.304. The zero-order valence-electron chi connectivity index (χ0n) is 19.0. The van der Waals surface area contributed by atoms with Crippen LogP contribution in [0, 0.1) is 11.8 Å². The SMILES string of the molecule is COc1ccc2nccc([C@H](F)CC[C@@H]3CCN(CCSc4ccc(Cl)s4)C[C@@H]3C(=O)O)c2c1. The number of piperidine rings is 1. The zero-order valence-corrected chi connectivity index (χ0v) is 21.3. The Hall–Kier alpha value is -1.87. The summed E-state index contributed by atoms with van der Waals surface area (Å²) in [6.07, 6.45) is 2.04. The second-order valence-electron chi connectivity index (χ2n) is 8.53. The third-order valence-corrected chi connectivity index (χ3v) is 8.91. The monoisotopic (exact) mass is 522 g/mol. The molecule has 9 heteroatoms. The standard InChI is InChI=1S/C25H28ClFN2O3S2/c1-32-17-3-5-22-19(14-17)18(8-10-28-22)21(27)4-2-16-9-11-29(15-20(16)25(30)31)12-13-33-24-7-6-23(26)34-24/h3,5-8,10,14,16,20-21H,2,4,9,11-13,15H2,1H3,(H,30,31)/t16-,20+,21-/m1/s1. The highest BCUT2D eigenvalue weighted by Crippen LogP contribution is 2.36. The number of nitrogens with zero attached hydrogens (tertiary/aromatic N) is 2. The van der Waals surface area contributed by atoms with Gasteiger partial charge in [0.05, 0.1) is 27.1 Å². The normalized spacial score (nSPS) is 19.9. The number of carboxylic acids is 1. The molecule has 0 radical (unpaired) electrons. The Labute approximate surface area is 212 Å². The molecule has 1 aliphatic rings. The number of aliphatic carboxylic acids is 1. The van der Waals surface area contributed by atoms with E-state index in [9.17, 15) is 9.90 Å². The van der Waals surface area contributed by atoms with Crippen molar-refractivity contribution in [2.75, 3.05) is 32.5 Å². The first kappa shape index (κ1) is 25.2. The van der Waals surface area contributed by atoms with Crippen molar-refractivity contribution >= 4 is 51.6 Å². The lowest BCUT2D eigenvalue weighted by atomic mass is 9.81. The molecule has 3 aromatic rings. The van der Waals surface area contributed by atoms with Crippen LogP contribution in [-0.4, -0.2) is 53.5 Å². The van der Waals surface area contributed by atoms with E-state index in [2.05, 4.69) is 9.88 Å². The Balaban J connectivity index is 1.33. The number of likely N-dealkylation sites (tertiary alicyclic amines) is 1. The topological polar surface area (TPSA) is 62.7 Å². The Morgan fingerprint density at radius 3 is 2.97 bits per heavy atom. The van der Waals surface area contributed by atoms with Crippen molar-refractivity contribution in [3.05, 3.63) is 52.5 Å². The summed E-state index contributed by atoms with van der Waals surface area (Å²) in [5, 5.41) is 10.6. The first-order valence-electron chi connectivity index (χ1n) is 11.3. The van der Waals surface area contributed by atoms with Gasteiger partial charge in [-0.3, -0.25) is 9.78 Å². The maximum absolute atomic E-state index is 15.4. The van der Waals surface area contributed by atoms with Gasteiger partial charge in [0.2, 0.25) is 0 Å². The third kappa shape index (κ3) is 6.22. The van der Waals surface area contributed by atoms with Gasteiger partial charge in [0, 0.05) is 30.4 Å². The minimum Gasteiger partial charge on any atom is -0.497 e. The van der Waals surface area contributed by atoms with Gasteiger partial charge in [-0.05, 0) is 73.7 Å². The first-order valence-corrected chi connectivity index (χ1v) is 13.5. The number of halogens is 2. The van der Waals surface area contributed by atoms with Crippen LogP contribution in [0.4, 0.5) is 4.39 Å². The molecule has 2 aromatic heterocycles. The highest BCUT2D eigenvalue weighted by molar-refractivity contribution is 8.01. The lowest BCUT2D eigenvalue weighted by Gasteiger charge is -2.36. The van der Waals surface area contributed by atoms with Crippen LogP contribution in [0.15, 0.2) is 46.8 Å². The molecule has 1 saturated heterocycles. The molecule has 1 aromatic carbocycles. The summed E-state index contributed by atoms with van der Waals surface area (Å²) in [5.74, 6) is 0.253. The van der Waals surface area contributed by atoms with Crippen molar-refractivity contribution in [2.24, 2.45) is 11.8 Å². The molecule has 182 valence electrons. The molecule has 1 fully saturated rings. The van der Waals surface area contributed by atoms with E-state index in [0.29, 0.717) is 30.7 Å². The van der Waals surface area contributed by atoms with E-state index in [-0.39, 0.29) is 5.92 Å². The van der Waals surface area contributed by atoms with Crippen molar-refractivity contribution in [1.29, 1.82) is 0 Å². The molecule has 5 nitrogen and oxygen atoms in total. The summed E-state index contributed by atoms with van der Waals surface area (Å²) >= 11 is 9.29. The van der Waals surface area contributed by atoms with Crippen LogP contribution in [-0.2, 0) is 4.79 Å². The summed E-state index contributed by atoms with van der Waals surface area (Å²) in [6.45, 7) is 2.18. The minimum atomic E-state index is -1.18. The summed E-state index contributed by atoms with van der Waals surface area (Å²) < 4.78 is 22.6. The molecular formula is C25H28ClFN2O3S2. The second-order valence-corrected chi connectivity index (χ2v) is 11.6. The molecule has 34 heavy (non-hydrogen) atoms. The maximum atomic E-state index is 15.4. The summed E-state index contributed by atoms with van der Waals surface area (Å²) in [4.78, 5) is 18.5. The van der Waals surface area contributed by atoms with Gasteiger partial charge in [-0.25, -0.2) is 4.39 Å². The van der Waals surface area contributed by atoms with E-state index in [1.165, 1.54) is 4.21 Å². The molecule has 1 aliphatic heterocycles. The lowest BCUT2D eigenvalue weighted by molar-refractivity contribution is -0.146. The molecule has 1 N–H and O–H groups in total. The number of hydrogen-bond donors (Lipinski definition) is 1. The van der Waals surface area contributed by atoms with Gasteiger partial charge in [-0.1, -0.05) is 11.6 Å². The molecular weight excluding hydrogens is 495 g/mol. The van der Waals surface area contributed by atoms with Crippen molar-refractivity contribution in [2.45, 2.75) is 29.6 Å². The first-order chi connectivity index (χ1) is 16.4. The number of benzene rings is 1. The van der Waals surface area contributed by atoms with Gasteiger partial charge in [0.25, 0.3) is 0 Å². The molecule has 0 spiro atoms. The number of aromatic nitrogens is 1. The number of fused-ring (bicyclic) bond motifs is 1. The summed E-state index contributed by atoms with van der Waals surface area (Å²) in [5.41, 5.74) is 1.30. The van der Waals surface area contributed by atoms with Gasteiger partial charge < -0.3 is 14.7 Å². The average molecular weight is 523 g/mol. The number of carboxylic acid groups (broad SMARTS) is 1. The molecule has 0 aliphatic carbocycles. The van der Waals surface area contributed by atoms with Crippen molar-refractivity contribution in [1.82, 2.24) is 9.88 Å². The molecule has 3 heterocycles. The maximum Gasteiger partial charge on any atom is 0.308 e. The van der Waals surface area contributed by atoms with Crippen molar-refractivity contribution in [3.8, 4) is 5.75 Å². The minimum absolute atomic E-state index is 0.0293. The van der Waals surface area contributed by atoms with Gasteiger partial charge in [0.15, 0.2) is 0 Å². The summed E-state index contributed by atoms with van der Waals surface area (Å²) in [6, 6.07) is 11.1. The van der Waals surface area contributed by atoms with E-state index in [0.717, 1.165) is 40.5 Å². The number of pyridine rings is 1. The Morgan fingerprint density at radius 1 is 1.38 bits per heavy atom. The van der Waals surface area contributed by atoms with Gasteiger partial charge >= 0.3 is 5.97 Å². The van der Waals surface area contributed by atoms with Gasteiger partial charge in [-0.15, -0.1) is 23.1 Å². The Morgan fingerprint density at radius 2 is 2.24 bits per heavy atom. The van der Waals surface area contributed by atoms with E-state index in [1.807, 2.05) is 30.3 Å². The average Bonchev–Trinajstić information content (AvgIpc) is 3.26. The number of alkyl halides is 1. The van der Waals surface area contributed by atoms with Crippen LogP contribution < -0.4 is 4.74 Å². The predicted molar refractivity (Wildman–Crippen MR) is 137 cm³/mol. The number of thiophene rings is 1. The van der Waals surface area contributed by atoms with Crippen LogP contribution >= 0.6 is 34.7 Å². The molecule has 4 rings (SSSR count). The van der Waals surface area contributed by atoms with E-state index in [1.54, 1.807) is 42.5 Å². The fraction of sp³-hybridized carbons (Fsp3) is 0.440. The van der Waals surface area contributed by atoms with Crippen LogP contribution in [0.3, 0.4) is 0 Å². The Kier molecular flexibility index (Phi) is 8.69. The molecule has 0 unspecified atom stereocenters. The van der Waals surface area contributed by atoms with Crippen molar-refractivity contribution in [3.63, 3.8) is 0 Å². The van der Waals surface area contributed by atoms with E-state index in [4.69, 9.17) is 16.3 Å². The zero-order chi connectivity index (χ0) is 24.1. The Bertz CT molecular complexity index is 1130. The highest BCUT2D eigenvalue weighted by Gasteiger charge is 2.34. The van der Waals surface area contributed by atoms with Crippen LogP contribution in [0.5, 0.6) is 5.75 Å². The van der Waals surface area contributed by atoms with E-state index < -0.39 is 18.1 Å². The van der Waals surface area contributed by atoms with Crippen molar-refractivity contribution < 1.29 is 19.0 Å². The number of ether oxygens (including phenoxy) is 1. The van der Waals surface area contributed by atoms with Crippen LogP contribution in [0.1, 0.15) is 31.0 Å². The second kappa shape index (κ2) is 11.7. The van der Waals surface area contributed by atoms with Gasteiger partial charge in [0.1, 0.15) is 11.9 Å². The van der Waals surface area contributed by atoms with Crippen LogP contribution in [0.25, 0.3) is 10.9 Å². The summed E-state index contributed by atoms with van der Waals surface area (Å²) in [7, 11) is 1.58. The highest BCUT2D eigenvalue weighted by atomic mass is 35.5. The number of carbonyl (C=O) groups is 1. The largest absolute Gasteiger partial charge is 0.497 e. The lowest BCUT2D eigenvalue weighted by Crippen LogP contribution is -2.44. The molecule has 0 saturated carbocycles. The fourth-order valence-electron chi connectivity index (χ4n) is 4.61. The number of thioether (sulfide) groups is 1. The molecule has 3 atom stereocenters. The fourth-order valence-corrected chi connectivity index (χ4v) is 6.99. The van der Waals surface area contributed by atoms with E-state index >= 15 is 4.39 Å². The smallest absolute Gasteiger partial charge is 0.308 e. The third-order valence-electron chi connectivity index (χ3n) is 6.47. The number of hydrogen-bond acceptors (Lipinski definition) is 6. The van der Waals surface area contributed by atoms with Gasteiger partial charge in [-0.2, -0.15) is 0 Å². The number of methoxy groups -OCH3 is 1. The predicted octanol–water partition coefficient (Wildman–Crippen LogP) is 6.56. The molecule has 0 amide bonds. The number of rotatable bonds is 10.